The zero-order chi connectivity index (χ0) is 16.0. The van der Waals surface area contributed by atoms with Crippen LogP contribution in [0.5, 0.6) is 0 Å². The second-order valence-corrected chi connectivity index (χ2v) is 7.29. The fraction of sp³-hybridized carbons (Fsp3) is 1.00. The number of aliphatic hydroxyl groups is 1. The van der Waals surface area contributed by atoms with E-state index in [1.54, 1.807) is 0 Å². The van der Waals surface area contributed by atoms with Crippen molar-refractivity contribution in [2.24, 2.45) is 0 Å². The summed E-state index contributed by atoms with van der Waals surface area (Å²) in [6.45, 7) is 3.21. The predicted octanol–water partition coefficient (Wildman–Crippen LogP) is 3.17. The number of hydrogen-bond acceptors (Lipinski definition) is 4. The molecule has 0 saturated carbocycles. The van der Waals surface area contributed by atoms with E-state index in [1.165, 1.54) is 51.4 Å². The van der Waals surface area contributed by atoms with E-state index in [9.17, 15) is 13.5 Å². The summed E-state index contributed by atoms with van der Waals surface area (Å²) in [7, 11) is -4.08. The normalized spacial score (nSPS) is 12.9. The molecule has 0 aliphatic carbocycles. The molecule has 22 heavy (non-hydrogen) atoms. The molecule has 0 rings (SSSR count). The minimum atomic E-state index is -4.08. The van der Waals surface area contributed by atoms with Crippen molar-refractivity contribution in [3.63, 3.8) is 0 Å². The number of unbranched alkanes of at least 4 members (excludes halogenated alkanes) is 9. The van der Waals surface area contributed by atoms with Crippen LogP contribution >= 0.6 is 12.4 Å². The van der Waals surface area contributed by atoms with Gasteiger partial charge in [-0.2, -0.15) is 8.42 Å². The predicted molar refractivity (Wildman–Crippen MR) is 94.4 cm³/mol. The van der Waals surface area contributed by atoms with Crippen LogP contribution in [0.1, 0.15) is 71.1 Å². The molecular weight excluding hydrogens is 326 g/mol. The largest absolute Gasteiger partial charge is 0.391 e. The summed E-state index contributed by atoms with van der Waals surface area (Å²) in [5, 5.41) is 12.4. The van der Waals surface area contributed by atoms with E-state index in [1.807, 2.05) is 0 Å². The number of aliphatic hydroxyl groups excluding tert-OH is 1. The Morgan fingerprint density at radius 3 is 1.82 bits per heavy atom. The van der Waals surface area contributed by atoms with E-state index in [4.69, 9.17) is 4.55 Å². The van der Waals surface area contributed by atoms with Gasteiger partial charge in [0.15, 0.2) is 0 Å². The third kappa shape index (κ3) is 20.1. The number of halogens is 1. The summed E-state index contributed by atoms with van der Waals surface area (Å²) in [6, 6.07) is 0. The summed E-state index contributed by atoms with van der Waals surface area (Å²) in [5.74, 6) is -0.599. The first kappa shape index (κ1) is 24.4. The van der Waals surface area contributed by atoms with Crippen molar-refractivity contribution >= 4 is 22.5 Å². The first-order valence-corrected chi connectivity index (χ1v) is 9.90. The van der Waals surface area contributed by atoms with Crippen molar-refractivity contribution < 1.29 is 18.1 Å². The molecule has 0 heterocycles. The lowest BCUT2D eigenvalue weighted by atomic mass is 10.1. The molecule has 5 nitrogen and oxygen atoms in total. The quantitative estimate of drug-likeness (QED) is 0.309. The molecule has 0 aliphatic heterocycles. The molecule has 0 bridgehead atoms. The summed E-state index contributed by atoms with van der Waals surface area (Å²) in [4.78, 5) is 0. The van der Waals surface area contributed by atoms with Crippen molar-refractivity contribution in [2.45, 2.75) is 77.2 Å². The monoisotopic (exact) mass is 359 g/mol. The maximum Gasteiger partial charge on any atom is 0.267 e. The molecule has 7 heteroatoms. The Labute approximate surface area is 142 Å². The standard InChI is InChI=1S/C15H33NO4S.ClH/c1-2-3-4-5-6-7-8-9-10-11-12-16-13-15(17)14-21(18,19)20;/h15-17H,2-14H2,1H3,(H,18,19,20);1H. The lowest BCUT2D eigenvalue weighted by molar-refractivity contribution is 0.191. The minimum absolute atomic E-state index is 0. The Balaban J connectivity index is 0. The molecule has 136 valence electrons. The number of nitrogens with one attached hydrogen (secondary N) is 1. The maximum absolute atomic E-state index is 10.5. The molecule has 0 fully saturated rings. The molecule has 0 amide bonds. The van der Waals surface area contributed by atoms with Crippen LogP contribution < -0.4 is 5.32 Å². The average Bonchev–Trinajstić information content (AvgIpc) is 2.38. The molecule has 1 atom stereocenters. The Morgan fingerprint density at radius 2 is 1.36 bits per heavy atom. The van der Waals surface area contributed by atoms with Gasteiger partial charge in [0.05, 0.1) is 6.10 Å². The molecule has 0 aromatic carbocycles. The molecule has 0 aromatic heterocycles. The topological polar surface area (TPSA) is 86.6 Å². The fourth-order valence-electron chi connectivity index (χ4n) is 2.31. The summed E-state index contributed by atoms with van der Waals surface area (Å²) < 4.78 is 29.6. The Kier molecular flexibility index (Phi) is 17.7. The molecule has 0 radical (unpaired) electrons. The zero-order valence-electron chi connectivity index (χ0n) is 13.8. The zero-order valence-corrected chi connectivity index (χ0v) is 15.4. The third-order valence-corrected chi connectivity index (χ3v) is 4.30. The highest BCUT2D eigenvalue weighted by molar-refractivity contribution is 7.85. The highest BCUT2D eigenvalue weighted by atomic mass is 35.5. The SMILES string of the molecule is CCCCCCCCCCCCNCC(O)CS(=O)(=O)O.Cl. The molecule has 0 aliphatic rings. The highest BCUT2D eigenvalue weighted by Gasteiger charge is 2.12. The van der Waals surface area contributed by atoms with Crippen LogP contribution in [0.2, 0.25) is 0 Å². The molecule has 1 unspecified atom stereocenters. The first-order chi connectivity index (χ1) is 9.95. The molecular formula is C15H34ClNO4S. The van der Waals surface area contributed by atoms with Crippen LogP contribution in [-0.2, 0) is 10.1 Å². The van der Waals surface area contributed by atoms with Crippen LogP contribution in [0.3, 0.4) is 0 Å². The Bertz CT molecular complexity index is 326. The number of rotatable bonds is 15. The van der Waals surface area contributed by atoms with Gasteiger partial charge >= 0.3 is 0 Å². The van der Waals surface area contributed by atoms with E-state index < -0.39 is 22.0 Å². The summed E-state index contributed by atoms with van der Waals surface area (Å²) >= 11 is 0. The average molecular weight is 360 g/mol. The third-order valence-electron chi connectivity index (χ3n) is 3.49. The highest BCUT2D eigenvalue weighted by Crippen LogP contribution is 2.10. The lowest BCUT2D eigenvalue weighted by Crippen LogP contribution is -2.32. The van der Waals surface area contributed by atoms with E-state index in [0.29, 0.717) is 0 Å². The van der Waals surface area contributed by atoms with Gasteiger partial charge in [0.2, 0.25) is 0 Å². The van der Waals surface area contributed by atoms with Crippen molar-refractivity contribution in [3.8, 4) is 0 Å². The number of hydrogen-bond donors (Lipinski definition) is 3. The van der Waals surface area contributed by atoms with E-state index in [2.05, 4.69) is 12.2 Å². The van der Waals surface area contributed by atoms with Gasteiger partial charge in [0.25, 0.3) is 10.1 Å². The van der Waals surface area contributed by atoms with E-state index in [-0.39, 0.29) is 19.0 Å². The van der Waals surface area contributed by atoms with Crippen LogP contribution in [0.15, 0.2) is 0 Å². The lowest BCUT2D eigenvalue weighted by Gasteiger charge is -2.10. The van der Waals surface area contributed by atoms with Crippen molar-refractivity contribution in [1.82, 2.24) is 5.32 Å². The molecule has 0 saturated heterocycles. The van der Waals surface area contributed by atoms with E-state index in [0.717, 1.165) is 19.4 Å². The summed E-state index contributed by atoms with van der Waals surface area (Å²) in [5.41, 5.74) is 0. The summed E-state index contributed by atoms with van der Waals surface area (Å²) in [6.07, 6.45) is 11.7. The van der Waals surface area contributed by atoms with Gasteiger partial charge in [-0.15, -0.1) is 12.4 Å². The van der Waals surface area contributed by atoms with Crippen LogP contribution in [0.25, 0.3) is 0 Å². The first-order valence-electron chi connectivity index (χ1n) is 8.29. The Morgan fingerprint density at radius 1 is 0.909 bits per heavy atom. The van der Waals surface area contributed by atoms with Gasteiger partial charge in [-0.25, -0.2) is 0 Å². The van der Waals surface area contributed by atoms with Crippen molar-refractivity contribution in [3.05, 3.63) is 0 Å². The maximum atomic E-state index is 10.5. The molecule has 0 spiro atoms. The van der Waals surface area contributed by atoms with Gasteiger partial charge < -0.3 is 10.4 Å². The van der Waals surface area contributed by atoms with Gasteiger partial charge in [0, 0.05) is 6.54 Å². The fourth-order valence-corrected chi connectivity index (χ4v) is 2.91. The minimum Gasteiger partial charge on any atom is -0.391 e. The van der Waals surface area contributed by atoms with Gasteiger partial charge in [-0.3, -0.25) is 4.55 Å². The molecule has 0 aromatic rings. The van der Waals surface area contributed by atoms with Crippen LogP contribution in [-0.4, -0.2) is 43.0 Å². The Hall–Kier alpha value is 0.120. The smallest absolute Gasteiger partial charge is 0.267 e. The van der Waals surface area contributed by atoms with Gasteiger partial charge in [-0.05, 0) is 13.0 Å². The van der Waals surface area contributed by atoms with Gasteiger partial charge in [0.1, 0.15) is 5.75 Å². The van der Waals surface area contributed by atoms with Crippen LogP contribution in [0, 0.1) is 0 Å². The van der Waals surface area contributed by atoms with Crippen molar-refractivity contribution in [2.75, 3.05) is 18.8 Å². The second kappa shape index (κ2) is 16.0. The van der Waals surface area contributed by atoms with E-state index >= 15 is 0 Å². The van der Waals surface area contributed by atoms with Crippen LogP contribution in [0.4, 0.5) is 0 Å². The molecule has 3 N–H and O–H groups in total. The van der Waals surface area contributed by atoms with Gasteiger partial charge in [-0.1, -0.05) is 64.7 Å². The second-order valence-electron chi connectivity index (χ2n) is 5.79. The van der Waals surface area contributed by atoms with Crippen molar-refractivity contribution in [1.29, 1.82) is 0 Å².